The molecule has 0 saturated heterocycles. The van der Waals surface area contributed by atoms with Crippen molar-refractivity contribution in [3.8, 4) is 17.0 Å². The number of carbonyl (C=O) groups is 1. The van der Waals surface area contributed by atoms with Gasteiger partial charge in [0.2, 0.25) is 5.91 Å². The normalized spacial score (nSPS) is 10.6. The van der Waals surface area contributed by atoms with Gasteiger partial charge in [-0.05, 0) is 37.6 Å². The maximum Gasteiger partial charge on any atom is 0.232 e. The molecule has 2 aromatic heterocycles. The van der Waals surface area contributed by atoms with E-state index in [-0.39, 0.29) is 12.3 Å². The summed E-state index contributed by atoms with van der Waals surface area (Å²) in [5, 5.41) is 8.24. The number of hydrogen-bond acceptors (Lipinski definition) is 6. The fraction of sp³-hybridized carbons (Fsp3) is 0.278. The molecule has 0 bridgehead atoms. The van der Waals surface area contributed by atoms with Crippen molar-refractivity contribution in [1.82, 2.24) is 9.97 Å². The largest absolute Gasteiger partial charge is 0.494 e. The zero-order chi connectivity index (χ0) is 17.6. The molecule has 3 rings (SSSR count). The van der Waals surface area contributed by atoms with Crippen LogP contribution in [0.1, 0.15) is 24.0 Å². The van der Waals surface area contributed by atoms with Crippen LogP contribution in [-0.2, 0) is 11.2 Å². The van der Waals surface area contributed by atoms with Gasteiger partial charge in [0.25, 0.3) is 0 Å². The summed E-state index contributed by atoms with van der Waals surface area (Å²) in [6.07, 6.45) is 1.25. The van der Waals surface area contributed by atoms with Gasteiger partial charge in [0.1, 0.15) is 5.75 Å². The van der Waals surface area contributed by atoms with E-state index in [2.05, 4.69) is 22.2 Å². The van der Waals surface area contributed by atoms with Gasteiger partial charge in [-0.25, -0.2) is 9.97 Å². The molecule has 1 aromatic carbocycles. The smallest absolute Gasteiger partial charge is 0.232 e. The highest BCUT2D eigenvalue weighted by atomic mass is 32.1. The van der Waals surface area contributed by atoms with Crippen LogP contribution in [0.4, 0.5) is 5.13 Å². The van der Waals surface area contributed by atoms with Crippen LogP contribution in [0, 0.1) is 6.92 Å². The minimum Gasteiger partial charge on any atom is -0.494 e. The molecule has 0 atom stereocenters. The summed E-state index contributed by atoms with van der Waals surface area (Å²) in [5.41, 5.74) is 2.63. The molecule has 0 spiro atoms. The first kappa shape index (κ1) is 17.6. The molecular formula is C18H19N3O2S2. The number of aryl methyl sites for hydroxylation is 1. The maximum atomic E-state index is 12.1. The summed E-state index contributed by atoms with van der Waals surface area (Å²) >= 11 is 2.96. The molecule has 5 nitrogen and oxygen atoms in total. The van der Waals surface area contributed by atoms with Crippen molar-refractivity contribution in [2.24, 2.45) is 0 Å². The van der Waals surface area contributed by atoms with Crippen LogP contribution < -0.4 is 10.1 Å². The Balaban J connectivity index is 1.60. The number of aromatic nitrogens is 2. The third-order valence-corrected chi connectivity index (χ3v) is 4.96. The summed E-state index contributed by atoms with van der Waals surface area (Å²) in [7, 11) is 0. The predicted molar refractivity (Wildman–Crippen MR) is 103 cm³/mol. The van der Waals surface area contributed by atoms with E-state index in [4.69, 9.17) is 4.74 Å². The van der Waals surface area contributed by atoms with Crippen molar-refractivity contribution in [3.05, 3.63) is 45.7 Å². The standard InChI is InChI=1S/C18H19N3O2S2/c1-3-8-23-15-6-4-13(5-7-15)16-11-25-18(20-16)21-17(22)9-14-10-24-12(2)19-14/h4-7,10-11H,3,8-9H2,1-2H3,(H,20,21,22). The number of thiazole rings is 2. The minimum absolute atomic E-state index is 0.102. The van der Waals surface area contributed by atoms with Crippen molar-refractivity contribution < 1.29 is 9.53 Å². The SMILES string of the molecule is CCCOc1ccc(-c2csc(NC(=O)Cc3csc(C)n3)n2)cc1. The van der Waals surface area contributed by atoms with E-state index >= 15 is 0 Å². The third-order valence-electron chi connectivity index (χ3n) is 3.38. The number of carbonyl (C=O) groups excluding carboxylic acids is 1. The first-order valence-corrected chi connectivity index (χ1v) is 9.79. The van der Waals surface area contributed by atoms with E-state index in [0.29, 0.717) is 11.7 Å². The van der Waals surface area contributed by atoms with E-state index in [1.165, 1.54) is 11.3 Å². The number of benzene rings is 1. The average molecular weight is 374 g/mol. The van der Waals surface area contributed by atoms with Crippen molar-refractivity contribution in [1.29, 1.82) is 0 Å². The number of hydrogen-bond donors (Lipinski definition) is 1. The van der Waals surface area contributed by atoms with Crippen LogP contribution >= 0.6 is 22.7 Å². The minimum atomic E-state index is -0.102. The van der Waals surface area contributed by atoms with Gasteiger partial charge in [0.05, 0.1) is 29.4 Å². The van der Waals surface area contributed by atoms with E-state index in [0.717, 1.165) is 34.1 Å². The Morgan fingerprint density at radius 2 is 1.96 bits per heavy atom. The summed E-state index contributed by atoms with van der Waals surface area (Å²) in [4.78, 5) is 20.9. The lowest BCUT2D eigenvalue weighted by Crippen LogP contribution is -2.14. The molecule has 0 fully saturated rings. The summed E-state index contributed by atoms with van der Waals surface area (Å²) in [5.74, 6) is 0.752. The van der Waals surface area contributed by atoms with E-state index in [1.807, 2.05) is 41.9 Å². The van der Waals surface area contributed by atoms with Crippen molar-refractivity contribution in [3.63, 3.8) is 0 Å². The highest BCUT2D eigenvalue weighted by Crippen LogP contribution is 2.26. The first-order valence-electron chi connectivity index (χ1n) is 8.03. The number of rotatable bonds is 7. The highest BCUT2D eigenvalue weighted by Gasteiger charge is 2.10. The molecule has 7 heteroatoms. The van der Waals surface area contributed by atoms with Crippen molar-refractivity contribution in [2.45, 2.75) is 26.7 Å². The molecule has 1 N–H and O–H groups in total. The van der Waals surface area contributed by atoms with Crippen molar-refractivity contribution in [2.75, 3.05) is 11.9 Å². The molecule has 2 heterocycles. The van der Waals surface area contributed by atoms with Gasteiger partial charge in [-0.3, -0.25) is 4.79 Å². The highest BCUT2D eigenvalue weighted by molar-refractivity contribution is 7.14. The lowest BCUT2D eigenvalue weighted by Gasteiger charge is -2.04. The molecule has 25 heavy (non-hydrogen) atoms. The Morgan fingerprint density at radius 1 is 1.16 bits per heavy atom. The second-order valence-electron chi connectivity index (χ2n) is 5.49. The fourth-order valence-electron chi connectivity index (χ4n) is 2.22. The van der Waals surface area contributed by atoms with Gasteiger partial charge in [-0.1, -0.05) is 6.92 Å². The monoisotopic (exact) mass is 373 g/mol. The second kappa shape index (κ2) is 8.22. The van der Waals surface area contributed by atoms with Gasteiger partial charge in [0, 0.05) is 16.3 Å². The number of anilines is 1. The first-order chi connectivity index (χ1) is 12.1. The average Bonchev–Trinajstić information content (AvgIpc) is 3.22. The van der Waals surface area contributed by atoms with Crippen molar-refractivity contribution >= 4 is 33.7 Å². The van der Waals surface area contributed by atoms with Crippen LogP contribution in [0.3, 0.4) is 0 Å². The lowest BCUT2D eigenvalue weighted by atomic mass is 10.2. The molecular weight excluding hydrogens is 354 g/mol. The number of nitrogens with zero attached hydrogens (tertiary/aromatic N) is 2. The molecule has 0 saturated carbocycles. The summed E-state index contributed by atoms with van der Waals surface area (Å²) in [6.45, 7) is 4.72. The Kier molecular flexibility index (Phi) is 5.78. The molecule has 0 radical (unpaired) electrons. The van der Waals surface area contributed by atoms with Crippen LogP contribution in [-0.4, -0.2) is 22.5 Å². The molecule has 0 aliphatic heterocycles. The predicted octanol–water partition coefficient (Wildman–Crippen LogP) is 4.55. The third kappa shape index (κ3) is 4.87. The number of amides is 1. The quantitative estimate of drug-likeness (QED) is 0.660. The zero-order valence-corrected chi connectivity index (χ0v) is 15.7. The Morgan fingerprint density at radius 3 is 2.64 bits per heavy atom. The maximum absolute atomic E-state index is 12.1. The van der Waals surface area contributed by atoms with Crippen LogP contribution in [0.25, 0.3) is 11.3 Å². The number of ether oxygens (including phenoxy) is 1. The van der Waals surface area contributed by atoms with Crippen LogP contribution in [0.15, 0.2) is 35.0 Å². The zero-order valence-electron chi connectivity index (χ0n) is 14.1. The van der Waals surface area contributed by atoms with E-state index in [9.17, 15) is 4.79 Å². The number of nitrogens with one attached hydrogen (secondary N) is 1. The Hall–Kier alpha value is -2.25. The van der Waals surface area contributed by atoms with Gasteiger partial charge >= 0.3 is 0 Å². The van der Waals surface area contributed by atoms with Gasteiger partial charge < -0.3 is 10.1 Å². The molecule has 3 aromatic rings. The molecule has 1 amide bonds. The van der Waals surface area contributed by atoms with Gasteiger partial charge in [-0.2, -0.15) is 0 Å². The Bertz CT molecular complexity index is 840. The molecule has 0 aliphatic carbocycles. The molecule has 0 aliphatic rings. The van der Waals surface area contributed by atoms with E-state index < -0.39 is 0 Å². The molecule has 130 valence electrons. The van der Waals surface area contributed by atoms with Crippen LogP contribution in [0.5, 0.6) is 5.75 Å². The lowest BCUT2D eigenvalue weighted by molar-refractivity contribution is -0.115. The Labute approximate surface area is 154 Å². The van der Waals surface area contributed by atoms with Gasteiger partial charge in [0.15, 0.2) is 5.13 Å². The van der Waals surface area contributed by atoms with Gasteiger partial charge in [-0.15, -0.1) is 22.7 Å². The second-order valence-corrected chi connectivity index (χ2v) is 7.41. The summed E-state index contributed by atoms with van der Waals surface area (Å²) in [6, 6.07) is 7.83. The van der Waals surface area contributed by atoms with Crippen LogP contribution in [0.2, 0.25) is 0 Å². The summed E-state index contributed by atoms with van der Waals surface area (Å²) < 4.78 is 5.58. The fourth-order valence-corrected chi connectivity index (χ4v) is 3.57. The topological polar surface area (TPSA) is 64.1 Å². The molecule has 0 unspecified atom stereocenters. The van der Waals surface area contributed by atoms with E-state index in [1.54, 1.807) is 11.3 Å².